The molecule has 5 nitrogen and oxygen atoms in total. The Labute approximate surface area is 143 Å². The number of nitrogens with zero attached hydrogens (tertiary/aromatic N) is 2. The maximum absolute atomic E-state index is 12.4. The molecular weight excluding hydrogens is 413 g/mol. The first-order valence-corrected chi connectivity index (χ1v) is 9.16. The van der Waals surface area contributed by atoms with E-state index in [1.165, 1.54) is 5.01 Å². The predicted molar refractivity (Wildman–Crippen MR) is 95.3 cm³/mol. The zero-order valence-corrected chi connectivity index (χ0v) is 14.7. The summed E-state index contributed by atoms with van der Waals surface area (Å²) in [5.74, 6) is 6.23. The van der Waals surface area contributed by atoms with Crippen LogP contribution in [0.25, 0.3) is 0 Å². The zero-order valence-electron chi connectivity index (χ0n) is 11.8. The fraction of sp³-hybridized carbons (Fsp3) is 0.133. The molecule has 0 saturated carbocycles. The van der Waals surface area contributed by atoms with Gasteiger partial charge in [0, 0.05) is 9.49 Å². The van der Waals surface area contributed by atoms with E-state index in [0.717, 1.165) is 9.13 Å². The van der Waals surface area contributed by atoms with E-state index in [1.807, 2.05) is 43.3 Å². The van der Waals surface area contributed by atoms with Crippen molar-refractivity contribution in [3.63, 3.8) is 0 Å². The van der Waals surface area contributed by atoms with Gasteiger partial charge in [-0.05, 0) is 46.4 Å². The van der Waals surface area contributed by atoms with Crippen LogP contribution in [0.4, 0.5) is 5.69 Å². The van der Waals surface area contributed by atoms with Gasteiger partial charge in [-0.3, -0.25) is 5.01 Å². The molecule has 2 aromatic rings. The lowest BCUT2D eigenvalue weighted by atomic mass is 9.99. The highest BCUT2D eigenvalue weighted by Crippen LogP contribution is 2.34. The molecule has 22 heavy (non-hydrogen) atoms. The van der Waals surface area contributed by atoms with E-state index in [4.69, 9.17) is 5.84 Å². The third kappa shape index (κ3) is 2.64. The summed E-state index contributed by atoms with van der Waals surface area (Å²) < 4.78 is 29.7. The Morgan fingerprint density at radius 1 is 1.18 bits per heavy atom. The van der Waals surface area contributed by atoms with Crippen molar-refractivity contribution in [3.05, 3.63) is 57.7 Å². The van der Waals surface area contributed by atoms with E-state index in [1.54, 1.807) is 12.1 Å². The molecule has 1 atom stereocenters. The molecule has 2 N–H and O–H groups in total. The summed E-state index contributed by atoms with van der Waals surface area (Å²) in [6.07, 6.45) is 0. The predicted octanol–water partition coefficient (Wildman–Crippen LogP) is 2.88. The van der Waals surface area contributed by atoms with Crippen LogP contribution in [0.2, 0.25) is 0 Å². The van der Waals surface area contributed by atoms with Crippen LogP contribution in [-0.4, -0.2) is 14.3 Å². The lowest BCUT2D eigenvalue weighted by molar-refractivity contribution is 0.596. The van der Waals surface area contributed by atoms with Gasteiger partial charge in [0.1, 0.15) is 10.7 Å². The van der Waals surface area contributed by atoms with E-state index in [0.29, 0.717) is 11.5 Å². The van der Waals surface area contributed by atoms with E-state index < -0.39 is 10.0 Å². The second-order valence-electron chi connectivity index (χ2n) is 5.04. The molecule has 0 bridgehead atoms. The van der Waals surface area contributed by atoms with Gasteiger partial charge >= 0.3 is 0 Å². The van der Waals surface area contributed by atoms with E-state index in [9.17, 15) is 8.42 Å². The molecule has 0 aromatic heterocycles. The van der Waals surface area contributed by atoms with Crippen molar-refractivity contribution in [2.24, 2.45) is 10.2 Å². The Hall–Kier alpha value is -1.45. The Morgan fingerprint density at radius 3 is 2.55 bits per heavy atom. The van der Waals surface area contributed by atoms with Crippen molar-refractivity contribution in [3.8, 4) is 0 Å². The number of nitrogens with two attached hydrogens (primary N) is 1. The summed E-state index contributed by atoms with van der Waals surface area (Å²) in [7, 11) is -3.74. The summed E-state index contributed by atoms with van der Waals surface area (Å²) >= 11 is 2.07. The minimum Gasteiger partial charge on any atom is -0.263 e. The van der Waals surface area contributed by atoms with Gasteiger partial charge in [-0.2, -0.15) is 8.42 Å². The molecule has 0 spiro atoms. The Balaban J connectivity index is 2.12. The first-order chi connectivity index (χ1) is 10.4. The number of rotatable bonds is 2. The normalized spacial score (nSPS) is 17.6. The number of amidine groups is 1. The van der Waals surface area contributed by atoms with Crippen LogP contribution in [0.1, 0.15) is 18.4 Å². The quantitative estimate of drug-likeness (QED) is 0.591. The molecule has 0 radical (unpaired) electrons. The van der Waals surface area contributed by atoms with Gasteiger partial charge in [0.2, 0.25) is 0 Å². The molecular formula is C15H14IN3O2S. The van der Waals surface area contributed by atoms with Crippen molar-refractivity contribution < 1.29 is 8.42 Å². The molecule has 0 fully saturated rings. The van der Waals surface area contributed by atoms with Crippen molar-refractivity contribution in [2.75, 3.05) is 5.01 Å². The Kier molecular flexibility index (Phi) is 3.96. The number of benzene rings is 2. The number of sulfonamides is 1. The third-order valence-electron chi connectivity index (χ3n) is 3.61. The number of hydrogen-bond acceptors (Lipinski definition) is 4. The molecule has 0 amide bonds. The molecule has 7 heteroatoms. The molecule has 0 unspecified atom stereocenters. The van der Waals surface area contributed by atoms with E-state index in [-0.39, 0.29) is 10.8 Å². The highest BCUT2D eigenvalue weighted by molar-refractivity contribution is 14.1. The maximum atomic E-state index is 12.4. The van der Waals surface area contributed by atoms with Crippen LogP contribution < -0.4 is 10.9 Å². The van der Waals surface area contributed by atoms with Crippen molar-refractivity contribution in [1.82, 2.24) is 0 Å². The van der Waals surface area contributed by atoms with Crippen molar-refractivity contribution >= 4 is 44.1 Å². The van der Waals surface area contributed by atoms with Crippen LogP contribution in [0.3, 0.4) is 0 Å². The lowest BCUT2D eigenvalue weighted by Crippen LogP contribution is -2.43. The third-order valence-corrected chi connectivity index (χ3v) is 5.59. The number of halogens is 1. The first kappa shape index (κ1) is 15.4. The largest absolute Gasteiger partial charge is 0.286 e. The van der Waals surface area contributed by atoms with Crippen molar-refractivity contribution in [1.29, 1.82) is 0 Å². The standard InChI is InChI=1S/C15H14IN3O2S/c1-10(11-5-3-2-4-6-11)15-18-22(20,21)14-9-12(16)7-8-13(14)19(15)17/h2-10H,17H2,1H3/t10-/m0/s1. The van der Waals surface area contributed by atoms with Crippen LogP contribution in [0.15, 0.2) is 57.8 Å². The first-order valence-electron chi connectivity index (χ1n) is 6.64. The fourth-order valence-corrected chi connectivity index (χ4v) is 4.41. The zero-order chi connectivity index (χ0) is 15.9. The topological polar surface area (TPSA) is 75.8 Å². The summed E-state index contributed by atoms with van der Waals surface area (Å²) in [6, 6.07) is 14.7. The fourth-order valence-electron chi connectivity index (χ4n) is 2.41. The highest BCUT2D eigenvalue weighted by Gasteiger charge is 2.32. The molecule has 1 aliphatic heterocycles. The van der Waals surface area contributed by atoms with Crippen molar-refractivity contribution in [2.45, 2.75) is 17.7 Å². The molecule has 0 aliphatic carbocycles. The number of anilines is 1. The minimum atomic E-state index is -3.74. The van der Waals surface area contributed by atoms with E-state index >= 15 is 0 Å². The number of fused-ring (bicyclic) bond motifs is 1. The van der Waals surface area contributed by atoms with Gasteiger partial charge in [-0.25, -0.2) is 5.84 Å². The van der Waals surface area contributed by atoms with Crippen LogP contribution in [0.5, 0.6) is 0 Å². The maximum Gasteiger partial charge on any atom is 0.286 e. The summed E-state index contributed by atoms with van der Waals surface area (Å²) in [5.41, 5.74) is 1.41. The molecule has 1 heterocycles. The molecule has 3 rings (SSSR count). The average molecular weight is 427 g/mol. The molecule has 114 valence electrons. The Bertz CT molecular complexity index is 850. The second-order valence-corrected chi connectivity index (χ2v) is 7.86. The second kappa shape index (κ2) is 5.64. The molecule has 1 aliphatic rings. The lowest BCUT2D eigenvalue weighted by Gasteiger charge is -2.30. The van der Waals surface area contributed by atoms with Crippen LogP contribution >= 0.6 is 22.6 Å². The smallest absolute Gasteiger partial charge is 0.263 e. The van der Waals surface area contributed by atoms with Gasteiger partial charge in [-0.1, -0.05) is 37.3 Å². The summed E-state index contributed by atoms with van der Waals surface area (Å²) in [4.78, 5) is 0.144. The highest BCUT2D eigenvalue weighted by atomic mass is 127. The van der Waals surface area contributed by atoms with Gasteiger partial charge in [0.15, 0.2) is 0 Å². The Morgan fingerprint density at radius 2 is 1.86 bits per heavy atom. The summed E-state index contributed by atoms with van der Waals surface area (Å²) in [6.45, 7) is 1.89. The molecule has 2 aromatic carbocycles. The molecule has 0 saturated heterocycles. The van der Waals surface area contributed by atoms with Crippen LogP contribution in [0, 0.1) is 3.57 Å². The average Bonchev–Trinajstić information content (AvgIpc) is 2.51. The van der Waals surface area contributed by atoms with Crippen LogP contribution in [-0.2, 0) is 10.0 Å². The monoisotopic (exact) mass is 427 g/mol. The van der Waals surface area contributed by atoms with Gasteiger partial charge in [0.25, 0.3) is 10.0 Å². The van der Waals surface area contributed by atoms with Gasteiger partial charge in [0.05, 0.1) is 5.69 Å². The van der Waals surface area contributed by atoms with Gasteiger partial charge in [-0.15, -0.1) is 4.40 Å². The minimum absolute atomic E-state index is 0.144. The van der Waals surface area contributed by atoms with E-state index in [2.05, 4.69) is 27.0 Å². The summed E-state index contributed by atoms with van der Waals surface area (Å²) in [5, 5.41) is 1.37. The SMILES string of the molecule is C[C@H](C1=NS(=O)(=O)c2cc(I)ccc2N1N)c1ccccc1. The van der Waals surface area contributed by atoms with Gasteiger partial charge < -0.3 is 0 Å². The number of hydrogen-bond donors (Lipinski definition) is 1. The number of hydrazine groups is 1.